The Kier molecular flexibility index (Phi) is 3.81. The normalized spacial score (nSPS) is 12.5. The summed E-state index contributed by atoms with van der Waals surface area (Å²) >= 11 is 0. The zero-order valence-electron chi connectivity index (χ0n) is 22.1. The Morgan fingerprint density at radius 2 is 1.34 bits per heavy atom. The maximum atomic E-state index is 5.05. The maximum Gasteiger partial charge on any atom is 0.235 e. The molecule has 0 aliphatic rings. The molecule has 0 amide bonds. The van der Waals surface area contributed by atoms with Crippen molar-refractivity contribution in [3.05, 3.63) is 115 Å². The van der Waals surface area contributed by atoms with Gasteiger partial charge in [0.2, 0.25) is 5.95 Å². The Labute approximate surface area is 233 Å². The summed E-state index contributed by atoms with van der Waals surface area (Å²) in [6.07, 6.45) is 1.80. The average Bonchev–Trinajstić information content (AvgIpc) is 3.65. The first-order valence-electron chi connectivity index (χ1n) is 13.9. The number of pyridine rings is 1. The number of hydrogen-bond acceptors (Lipinski definition) is 3. The van der Waals surface area contributed by atoms with E-state index in [0.717, 1.165) is 27.8 Å². The molecule has 0 bridgehead atoms. The van der Waals surface area contributed by atoms with Crippen LogP contribution >= 0.6 is 0 Å². The van der Waals surface area contributed by atoms with Crippen LogP contribution in [0.3, 0.4) is 0 Å². The standard InChI is InChI=1S/C36H21N5/c1-20-33-27(13-8-18-37-33)39-36(38-20)40-29-15-7-5-12-24(29)31-30(40)19-26-23-11-4-6-14-28(23)41-34-22-10-3-2-9-21(22)16-17-25(34)32(31)35(26)41/h2-19H,1H3. The molecule has 0 N–H and O–H groups in total. The fourth-order valence-corrected chi connectivity index (χ4v) is 7.18. The van der Waals surface area contributed by atoms with Crippen LogP contribution in [0.15, 0.2) is 109 Å². The van der Waals surface area contributed by atoms with Gasteiger partial charge in [0, 0.05) is 43.9 Å². The molecule has 0 aliphatic heterocycles. The first kappa shape index (κ1) is 21.3. The van der Waals surface area contributed by atoms with E-state index < -0.39 is 0 Å². The van der Waals surface area contributed by atoms with E-state index in [1.54, 1.807) is 6.20 Å². The molecule has 0 spiro atoms. The van der Waals surface area contributed by atoms with Gasteiger partial charge in [0.1, 0.15) is 5.52 Å². The van der Waals surface area contributed by atoms with E-state index in [4.69, 9.17) is 9.97 Å². The van der Waals surface area contributed by atoms with Gasteiger partial charge in [-0.3, -0.25) is 9.55 Å². The summed E-state index contributed by atoms with van der Waals surface area (Å²) in [5.41, 5.74) is 8.52. The van der Waals surface area contributed by atoms with Gasteiger partial charge in [0.05, 0.1) is 38.8 Å². The fraction of sp³-hybridized carbons (Fsp3) is 0.0278. The van der Waals surface area contributed by atoms with Crippen molar-refractivity contribution >= 4 is 81.7 Å². The lowest BCUT2D eigenvalue weighted by atomic mass is 10.0. The molecule has 190 valence electrons. The minimum Gasteiger partial charge on any atom is -0.307 e. The minimum atomic E-state index is 0.668. The number of hydrogen-bond donors (Lipinski definition) is 0. The first-order chi connectivity index (χ1) is 20.3. The third-order valence-electron chi connectivity index (χ3n) is 8.80. The smallest absolute Gasteiger partial charge is 0.235 e. The van der Waals surface area contributed by atoms with E-state index >= 15 is 0 Å². The lowest BCUT2D eigenvalue weighted by molar-refractivity contribution is 0.984. The van der Waals surface area contributed by atoms with Crippen molar-refractivity contribution in [2.24, 2.45) is 0 Å². The van der Waals surface area contributed by atoms with Crippen molar-refractivity contribution in [3.63, 3.8) is 0 Å². The summed E-state index contributed by atoms with van der Waals surface area (Å²) in [6, 6.07) is 37.0. The molecule has 0 aliphatic carbocycles. The molecule has 10 rings (SSSR count). The van der Waals surface area contributed by atoms with Crippen LogP contribution in [0, 0.1) is 6.92 Å². The molecule has 5 heteroatoms. The lowest BCUT2D eigenvalue weighted by Gasteiger charge is -2.09. The van der Waals surface area contributed by atoms with Gasteiger partial charge in [-0.1, -0.05) is 72.8 Å². The molecule has 0 atom stereocenters. The number of rotatable bonds is 1. The van der Waals surface area contributed by atoms with E-state index in [-0.39, 0.29) is 0 Å². The Bertz CT molecular complexity index is 2710. The number of fused-ring (bicyclic) bond motifs is 13. The fourth-order valence-electron chi connectivity index (χ4n) is 7.18. The maximum absolute atomic E-state index is 5.05. The third kappa shape index (κ3) is 2.54. The Hall–Kier alpha value is -5.55. The molecular weight excluding hydrogens is 502 g/mol. The van der Waals surface area contributed by atoms with Crippen LogP contribution in [0.2, 0.25) is 0 Å². The number of benzene rings is 5. The lowest BCUT2D eigenvalue weighted by Crippen LogP contribution is -2.03. The van der Waals surface area contributed by atoms with E-state index in [9.17, 15) is 0 Å². The van der Waals surface area contributed by atoms with Gasteiger partial charge in [0.25, 0.3) is 0 Å². The van der Waals surface area contributed by atoms with Crippen molar-refractivity contribution in [3.8, 4) is 5.95 Å². The van der Waals surface area contributed by atoms with Gasteiger partial charge in [0.15, 0.2) is 0 Å². The highest BCUT2D eigenvalue weighted by Gasteiger charge is 2.25. The van der Waals surface area contributed by atoms with Gasteiger partial charge in [-0.25, -0.2) is 9.97 Å². The van der Waals surface area contributed by atoms with Crippen LogP contribution in [-0.4, -0.2) is 23.9 Å². The zero-order chi connectivity index (χ0) is 26.8. The Balaban J connectivity index is 1.52. The van der Waals surface area contributed by atoms with Crippen molar-refractivity contribution in [1.82, 2.24) is 23.9 Å². The summed E-state index contributed by atoms with van der Waals surface area (Å²) < 4.78 is 4.73. The van der Waals surface area contributed by atoms with E-state index in [2.05, 4.69) is 105 Å². The third-order valence-corrected chi connectivity index (χ3v) is 8.80. The molecule has 41 heavy (non-hydrogen) atoms. The van der Waals surface area contributed by atoms with Crippen LogP contribution in [0.1, 0.15) is 5.69 Å². The van der Waals surface area contributed by atoms with Crippen molar-refractivity contribution in [2.75, 3.05) is 0 Å². The minimum absolute atomic E-state index is 0.668. The second-order valence-electron chi connectivity index (χ2n) is 10.9. The van der Waals surface area contributed by atoms with Gasteiger partial charge in [-0.05, 0) is 42.6 Å². The summed E-state index contributed by atoms with van der Waals surface area (Å²) in [4.78, 5) is 14.6. The van der Waals surface area contributed by atoms with E-state index in [0.29, 0.717) is 5.95 Å². The molecule has 0 unspecified atom stereocenters. The van der Waals surface area contributed by atoms with Crippen LogP contribution in [-0.2, 0) is 0 Å². The van der Waals surface area contributed by atoms with Crippen molar-refractivity contribution in [1.29, 1.82) is 0 Å². The molecule has 0 saturated heterocycles. The monoisotopic (exact) mass is 523 g/mol. The Morgan fingerprint density at radius 1 is 0.561 bits per heavy atom. The number of aryl methyl sites for hydroxylation is 1. The highest BCUT2D eigenvalue weighted by molar-refractivity contribution is 6.37. The average molecular weight is 524 g/mol. The quantitative estimate of drug-likeness (QED) is 0.216. The van der Waals surface area contributed by atoms with Crippen LogP contribution in [0.25, 0.3) is 87.7 Å². The summed E-state index contributed by atoms with van der Waals surface area (Å²) in [7, 11) is 0. The number of aromatic nitrogens is 5. The molecule has 5 aromatic carbocycles. The van der Waals surface area contributed by atoms with E-state index in [1.807, 2.05) is 19.1 Å². The summed E-state index contributed by atoms with van der Waals surface area (Å²) in [5, 5.41) is 9.99. The van der Waals surface area contributed by atoms with Gasteiger partial charge < -0.3 is 4.40 Å². The Morgan fingerprint density at radius 3 is 2.24 bits per heavy atom. The second kappa shape index (κ2) is 7.34. The predicted octanol–water partition coefficient (Wildman–Crippen LogP) is 8.73. The molecule has 5 heterocycles. The van der Waals surface area contributed by atoms with E-state index in [1.165, 1.54) is 59.6 Å². The topological polar surface area (TPSA) is 48.0 Å². The second-order valence-corrected chi connectivity index (χ2v) is 10.9. The zero-order valence-corrected chi connectivity index (χ0v) is 22.1. The number of para-hydroxylation sites is 2. The van der Waals surface area contributed by atoms with Crippen molar-refractivity contribution in [2.45, 2.75) is 6.92 Å². The molecule has 0 saturated carbocycles. The molecule has 10 aromatic rings. The molecule has 5 aromatic heterocycles. The summed E-state index contributed by atoms with van der Waals surface area (Å²) in [5.74, 6) is 0.668. The number of nitrogens with zero attached hydrogens (tertiary/aromatic N) is 5. The predicted molar refractivity (Wildman–Crippen MR) is 169 cm³/mol. The highest BCUT2D eigenvalue weighted by atomic mass is 15.2. The van der Waals surface area contributed by atoms with Gasteiger partial charge in [-0.15, -0.1) is 0 Å². The summed E-state index contributed by atoms with van der Waals surface area (Å²) in [6.45, 7) is 2.02. The molecule has 5 nitrogen and oxygen atoms in total. The SMILES string of the molecule is Cc1nc(-n2c3ccccc3c3c4c5ccc6ccccc6c5n5c6ccccc6c(cc32)c45)nc2cccnc12. The van der Waals surface area contributed by atoms with Gasteiger partial charge >= 0.3 is 0 Å². The molecular formula is C36H21N5. The van der Waals surface area contributed by atoms with Crippen LogP contribution in [0.4, 0.5) is 0 Å². The molecule has 0 fully saturated rings. The van der Waals surface area contributed by atoms with Gasteiger partial charge in [-0.2, -0.15) is 0 Å². The largest absolute Gasteiger partial charge is 0.307 e. The highest BCUT2D eigenvalue weighted by Crippen LogP contribution is 2.47. The van der Waals surface area contributed by atoms with Crippen LogP contribution in [0.5, 0.6) is 0 Å². The first-order valence-corrected chi connectivity index (χ1v) is 13.9. The van der Waals surface area contributed by atoms with Crippen LogP contribution < -0.4 is 0 Å². The molecule has 0 radical (unpaired) electrons. The van der Waals surface area contributed by atoms with Crippen molar-refractivity contribution < 1.29 is 0 Å².